The highest BCUT2D eigenvalue weighted by atomic mass is 16.1. The normalized spacial score (nSPS) is 12.4. The number of carbonyl (C=O) groups is 1. The lowest BCUT2D eigenvalue weighted by Gasteiger charge is -2.13. The van der Waals surface area contributed by atoms with Gasteiger partial charge >= 0.3 is 0 Å². The maximum Gasteiger partial charge on any atom is 0.224 e. The van der Waals surface area contributed by atoms with Crippen molar-refractivity contribution in [1.82, 2.24) is 20.5 Å². The van der Waals surface area contributed by atoms with Gasteiger partial charge in [0.2, 0.25) is 5.91 Å². The number of hydrogen-bond donors (Lipinski definition) is 3. The Kier molecular flexibility index (Phi) is 6.24. The second-order valence-electron chi connectivity index (χ2n) is 4.05. The van der Waals surface area contributed by atoms with Crippen molar-refractivity contribution in [1.29, 1.82) is 0 Å². The van der Waals surface area contributed by atoms with E-state index in [1.165, 1.54) is 6.33 Å². The van der Waals surface area contributed by atoms with Crippen LogP contribution in [0, 0.1) is 5.92 Å². The lowest BCUT2D eigenvalue weighted by molar-refractivity contribution is -0.124. The number of aromatic nitrogens is 3. The van der Waals surface area contributed by atoms with E-state index in [1.807, 2.05) is 0 Å². The Morgan fingerprint density at radius 1 is 1.65 bits per heavy atom. The molecule has 0 radical (unpaired) electrons. The molecular formula is C11H21N5O. The fraction of sp³-hybridized carbons (Fsp3) is 0.727. The van der Waals surface area contributed by atoms with Gasteiger partial charge in [0.15, 0.2) is 0 Å². The molecule has 0 fully saturated rings. The third-order valence-corrected chi connectivity index (χ3v) is 2.65. The van der Waals surface area contributed by atoms with Crippen LogP contribution in [0.25, 0.3) is 0 Å². The molecular weight excluding hydrogens is 218 g/mol. The summed E-state index contributed by atoms with van der Waals surface area (Å²) < 4.78 is 0. The van der Waals surface area contributed by atoms with Crippen molar-refractivity contribution < 1.29 is 4.79 Å². The Labute approximate surface area is 101 Å². The van der Waals surface area contributed by atoms with Gasteiger partial charge in [-0.05, 0) is 12.8 Å². The predicted octanol–water partition coefficient (Wildman–Crippen LogP) is 0.229. The zero-order chi connectivity index (χ0) is 12.5. The molecule has 0 aliphatic rings. The highest BCUT2D eigenvalue weighted by molar-refractivity contribution is 5.78. The summed E-state index contributed by atoms with van der Waals surface area (Å²) in [6, 6.07) is 0. The molecule has 0 aromatic carbocycles. The molecule has 1 aromatic heterocycles. The van der Waals surface area contributed by atoms with E-state index in [0.29, 0.717) is 13.1 Å². The monoisotopic (exact) mass is 239 g/mol. The quantitative estimate of drug-likeness (QED) is 0.566. The fourth-order valence-corrected chi connectivity index (χ4v) is 1.67. The first kappa shape index (κ1) is 13.6. The van der Waals surface area contributed by atoms with Crippen LogP contribution in [-0.2, 0) is 11.2 Å². The van der Waals surface area contributed by atoms with Crippen LogP contribution in [0.5, 0.6) is 0 Å². The number of hydrogen-bond acceptors (Lipinski definition) is 4. The van der Waals surface area contributed by atoms with Crippen molar-refractivity contribution in [3.8, 4) is 0 Å². The smallest absolute Gasteiger partial charge is 0.224 e. The van der Waals surface area contributed by atoms with Crippen molar-refractivity contribution >= 4 is 5.91 Å². The Balaban J connectivity index is 2.14. The van der Waals surface area contributed by atoms with Gasteiger partial charge in [0.25, 0.3) is 0 Å². The van der Waals surface area contributed by atoms with Crippen LogP contribution in [0.4, 0.5) is 0 Å². The largest absolute Gasteiger partial charge is 0.356 e. The van der Waals surface area contributed by atoms with Crippen LogP contribution in [0.15, 0.2) is 6.33 Å². The predicted molar refractivity (Wildman–Crippen MR) is 65.2 cm³/mol. The first-order chi connectivity index (χ1) is 8.27. The molecule has 1 heterocycles. The van der Waals surface area contributed by atoms with E-state index >= 15 is 0 Å². The molecule has 0 saturated heterocycles. The third-order valence-electron chi connectivity index (χ3n) is 2.65. The van der Waals surface area contributed by atoms with Gasteiger partial charge in [-0.2, -0.15) is 5.10 Å². The standard InChI is InChI=1S/C11H21N5O/c1-2-4-9(7-12)11(17)13-6-3-5-10-14-8-15-16-10/h8-9H,2-7,12H2,1H3,(H,13,17)(H,14,15,16). The average Bonchev–Trinajstić information content (AvgIpc) is 2.84. The second kappa shape index (κ2) is 7.78. The summed E-state index contributed by atoms with van der Waals surface area (Å²) >= 11 is 0. The van der Waals surface area contributed by atoms with Crippen molar-refractivity contribution in [3.05, 3.63) is 12.2 Å². The molecule has 0 spiro atoms. The Bertz CT molecular complexity index is 312. The van der Waals surface area contributed by atoms with Crippen molar-refractivity contribution in [2.45, 2.75) is 32.6 Å². The fourth-order valence-electron chi connectivity index (χ4n) is 1.67. The Morgan fingerprint density at radius 2 is 2.47 bits per heavy atom. The number of carbonyl (C=O) groups excluding carboxylic acids is 1. The van der Waals surface area contributed by atoms with E-state index in [0.717, 1.165) is 31.5 Å². The van der Waals surface area contributed by atoms with E-state index < -0.39 is 0 Å². The van der Waals surface area contributed by atoms with Gasteiger partial charge in [-0.3, -0.25) is 9.89 Å². The minimum atomic E-state index is -0.0507. The molecule has 1 rings (SSSR count). The average molecular weight is 239 g/mol. The van der Waals surface area contributed by atoms with Gasteiger partial charge in [0.05, 0.1) is 5.92 Å². The van der Waals surface area contributed by atoms with Crippen molar-refractivity contribution in [2.24, 2.45) is 11.7 Å². The molecule has 96 valence electrons. The minimum absolute atomic E-state index is 0.0507. The SMILES string of the molecule is CCCC(CN)C(=O)NCCCc1ncn[nH]1. The van der Waals surface area contributed by atoms with Gasteiger partial charge < -0.3 is 11.1 Å². The van der Waals surface area contributed by atoms with E-state index in [2.05, 4.69) is 27.4 Å². The second-order valence-corrected chi connectivity index (χ2v) is 4.05. The van der Waals surface area contributed by atoms with Crippen LogP contribution < -0.4 is 11.1 Å². The number of aromatic amines is 1. The molecule has 17 heavy (non-hydrogen) atoms. The van der Waals surface area contributed by atoms with E-state index in [-0.39, 0.29) is 11.8 Å². The van der Waals surface area contributed by atoms with Gasteiger partial charge in [-0.15, -0.1) is 0 Å². The molecule has 6 nitrogen and oxygen atoms in total. The summed E-state index contributed by atoms with van der Waals surface area (Å²) in [6.07, 6.45) is 4.96. The molecule has 0 aliphatic carbocycles. The summed E-state index contributed by atoms with van der Waals surface area (Å²) in [5.41, 5.74) is 5.56. The highest BCUT2D eigenvalue weighted by Gasteiger charge is 2.14. The van der Waals surface area contributed by atoms with Crippen molar-refractivity contribution in [2.75, 3.05) is 13.1 Å². The lowest BCUT2D eigenvalue weighted by atomic mass is 10.0. The number of aryl methyl sites for hydroxylation is 1. The van der Waals surface area contributed by atoms with Gasteiger partial charge in [0.1, 0.15) is 12.2 Å². The molecule has 1 aromatic rings. The summed E-state index contributed by atoms with van der Waals surface area (Å²) in [7, 11) is 0. The maximum atomic E-state index is 11.7. The summed E-state index contributed by atoms with van der Waals surface area (Å²) in [4.78, 5) is 15.7. The molecule has 6 heteroatoms. The van der Waals surface area contributed by atoms with Gasteiger partial charge in [-0.1, -0.05) is 13.3 Å². The van der Waals surface area contributed by atoms with Crippen LogP contribution in [-0.4, -0.2) is 34.2 Å². The topological polar surface area (TPSA) is 96.7 Å². The van der Waals surface area contributed by atoms with Gasteiger partial charge in [-0.25, -0.2) is 4.98 Å². The van der Waals surface area contributed by atoms with Crippen LogP contribution in [0.3, 0.4) is 0 Å². The molecule has 4 N–H and O–H groups in total. The highest BCUT2D eigenvalue weighted by Crippen LogP contribution is 2.04. The number of rotatable bonds is 8. The molecule has 1 amide bonds. The number of nitrogens with one attached hydrogen (secondary N) is 2. The molecule has 0 saturated carbocycles. The zero-order valence-corrected chi connectivity index (χ0v) is 10.3. The van der Waals surface area contributed by atoms with E-state index in [1.54, 1.807) is 0 Å². The number of amides is 1. The van der Waals surface area contributed by atoms with Gasteiger partial charge in [0, 0.05) is 19.5 Å². The Hall–Kier alpha value is -1.43. The van der Waals surface area contributed by atoms with E-state index in [4.69, 9.17) is 5.73 Å². The first-order valence-corrected chi connectivity index (χ1v) is 6.10. The third kappa shape index (κ3) is 4.95. The minimum Gasteiger partial charge on any atom is -0.356 e. The molecule has 0 bridgehead atoms. The number of nitrogens with two attached hydrogens (primary N) is 1. The Morgan fingerprint density at radius 3 is 3.06 bits per heavy atom. The van der Waals surface area contributed by atoms with Crippen LogP contribution in [0.2, 0.25) is 0 Å². The lowest BCUT2D eigenvalue weighted by Crippen LogP contribution is -2.35. The van der Waals surface area contributed by atoms with E-state index in [9.17, 15) is 4.79 Å². The number of H-pyrrole nitrogens is 1. The maximum absolute atomic E-state index is 11.7. The molecule has 0 aliphatic heterocycles. The molecule has 1 unspecified atom stereocenters. The zero-order valence-electron chi connectivity index (χ0n) is 10.3. The summed E-state index contributed by atoms with van der Waals surface area (Å²) in [5, 5.41) is 9.45. The molecule has 1 atom stereocenters. The van der Waals surface area contributed by atoms with Crippen LogP contribution >= 0.6 is 0 Å². The summed E-state index contributed by atoms with van der Waals surface area (Å²) in [5.74, 6) is 0.861. The first-order valence-electron chi connectivity index (χ1n) is 6.10. The van der Waals surface area contributed by atoms with Crippen molar-refractivity contribution in [3.63, 3.8) is 0 Å². The summed E-state index contributed by atoms with van der Waals surface area (Å²) in [6.45, 7) is 3.13. The number of nitrogens with zero attached hydrogens (tertiary/aromatic N) is 2. The van der Waals surface area contributed by atoms with Crippen LogP contribution in [0.1, 0.15) is 32.0 Å².